The minimum atomic E-state index is -3.06. The lowest BCUT2D eigenvalue weighted by atomic mass is 10.1. The highest BCUT2D eigenvalue weighted by molar-refractivity contribution is 5.29. The summed E-state index contributed by atoms with van der Waals surface area (Å²) in [6, 6.07) is 6.43. The average Bonchev–Trinajstić information content (AvgIpc) is 2.17. The van der Waals surface area contributed by atoms with E-state index in [9.17, 15) is 8.78 Å². The topological polar surface area (TPSA) is 29.5 Å². The van der Waals surface area contributed by atoms with Gasteiger partial charge < -0.3 is 9.84 Å². The van der Waals surface area contributed by atoms with Gasteiger partial charge in [0.05, 0.1) is 7.11 Å². The molecule has 1 N–H and O–H groups in total. The van der Waals surface area contributed by atoms with Crippen molar-refractivity contribution in [1.82, 2.24) is 0 Å². The molecular weight excluding hydrogens is 190 g/mol. The van der Waals surface area contributed by atoms with Crippen molar-refractivity contribution in [3.05, 3.63) is 29.8 Å². The monoisotopic (exact) mass is 202 g/mol. The molecule has 14 heavy (non-hydrogen) atoms. The Balaban J connectivity index is 2.76. The highest BCUT2D eigenvalue weighted by Gasteiger charge is 2.27. The Morgan fingerprint density at radius 3 is 2.71 bits per heavy atom. The van der Waals surface area contributed by atoms with Crippen molar-refractivity contribution in [2.75, 3.05) is 13.7 Å². The summed E-state index contributed by atoms with van der Waals surface area (Å²) >= 11 is 0. The van der Waals surface area contributed by atoms with E-state index in [1.54, 1.807) is 18.2 Å². The highest BCUT2D eigenvalue weighted by atomic mass is 19.3. The van der Waals surface area contributed by atoms with Gasteiger partial charge >= 0.3 is 0 Å². The Morgan fingerprint density at radius 2 is 2.14 bits per heavy atom. The van der Waals surface area contributed by atoms with E-state index in [1.807, 2.05) is 0 Å². The van der Waals surface area contributed by atoms with Crippen LogP contribution in [0.25, 0.3) is 0 Å². The average molecular weight is 202 g/mol. The first-order valence-electron chi connectivity index (χ1n) is 4.19. The standard InChI is InChI=1S/C10H12F2O2/c1-14-9-4-2-3-8(5-9)6-10(11,12)7-13/h2-5,13H,6-7H2,1H3. The van der Waals surface area contributed by atoms with Crippen molar-refractivity contribution < 1.29 is 18.6 Å². The minimum absolute atomic E-state index is 0.448. The quantitative estimate of drug-likeness (QED) is 0.807. The molecule has 1 aromatic carbocycles. The van der Waals surface area contributed by atoms with E-state index in [2.05, 4.69) is 0 Å². The van der Waals surface area contributed by atoms with Crippen LogP contribution in [-0.2, 0) is 6.42 Å². The lowest BCUT2D eigenvalue weighted by Gasteiger charge is -2.13. The Hall–Kier alpha value is -1.16. The number of methoxy groups -OCH3 is 1. The molecule has 1 rings (SSSR count). The van der Waals surface area contributed by atoms with E-state index in [0.717, 1.165) is 0 Å². The summed E-state index contributed by atoms with van der Waals surface area (Å²) in [6.45, 7) is -1.13. The van der Waals surface area contributed by atoms with Crippen molar-refractivity contribution >= 4 is 0 Å². The zero-order valence-electron chi connectivity index (χ0n) is 7.84. The molecule has 0 aliphatic heterocycles. The van der Waals surface area contributed by atoms with Gasteiger partial charge in [0.15, 0.2) is 0 Å². The van der Waals surface area contributed by atoms with E-state index in [0.29, 0.717) is 11.3 Å². The molecule has 0 saturated heterocycles. The summed E-state index contributed by atoms with van der Waals surface area (Å²) in [5.74, 6) is -2.52. The molecule has 1 aromatic rings. The minimum Gasteiger partial charge on any atom is -0.497 e. The summed E-state index contributed by atoms with van der Waals surface area (Å²) in [6.07, 6.45) is -0.472. The van der Waals surface area contributed by atoms with Crippen LogP contribution in [0.4, 0.5) is 8.78 Å². The maximum absolute atomic E-state index is 12.8. The van der Waals surface area contributed by atoms with E-state index in [1.165, 1.54) is 13.2 Å². The van der Waals surface area contributed by atoms with E-state index >= 15 is 0 Å². The van der Waals surface area contributed by atoms with E-state index in [4.69, 9.17) is 9.84 Å². The Morgan fingerprint density at radius 1 is 1.43 bits per heavy atom. The van der Waals surface area contributed by atoms with Gasteiger partial charge in [0, 0.05) is 6.42 Å². The van der Waals surface area contributed by atoms with Crippen LogP contribution in [-0.4, -0.2) is 24.7 Å². The van der Waals surface area contributed by atoms with Crippen LogP contribution >= 0.6 is 0 Å². The van der Waals surface area contributed by atoms with Gasteiger partial charge in [-0.15, -0.1) is 0 Å². The molecule has 0 amide bonds. The molecule has 0 heterocycles. The fourth-order valence-electron chi connectivity index (χ4n) is 1.14. The summed E-state index contributed by atoms with van der Waals surface area (Å²) in [4.78, 5) is 0. The molecule has 0 spiro atoms. The molecule has 0 bridgehead atoms. The lowest BCUT2D eigenvalue weighted by Crippen LogP contribution is -2.24. The molecule has 0 radical (unpaired) electrons. The fourth-order valence-corrected chi connectivity index (χ4v) is 1.14. The Bertz CT molecular complexity index is 300. The molecule has 0 aromatic heterocycles. The number of ether oxygens (including phenoxy) is 1. The van der Waals surface area contributed by atoms with Crippen LogP contribution in [0.5, 0.6) is 5.75 Å². The third-order valence-corrected chi connectivity index (χ3v) is 1.83. The van der Waals surface area contributed by atoms with E-state index < -0.39 is 19.0 Å². The van der Waals surface area contributed by atoms with Crippen LogP contribution in [0.3, 0.4) is 0 Å². The Kier molecular flexibility index (Phi) is 3.41. The van der Waals surface area contributed by atoms with Gasteiger partial charge in [0.1, 0.15) is 12.4 Å². The third kappa shape index (κ3) is 2.96. The van der Waals surface area contributed by atoms with Crippen LogP contribution in [0, 0.1) is 0 Å². The van der Waals surface area contributed by atoms with Crippen LogP contribution in [0.1, 0.15) is 5.56 Å². The molecule has 2 nitrogen and oxygen atoms in total. The van der Waals surface area contributed by atoms with Gasteiger partial charge in [-0.25, -0.2) is 8.78 Å². The number of alkyl halides is 2. The summed E-state index contributed by atoms with van der Waals surface area (Å²) < 4.78 is 30.5. The number of rotatable bonds is 4. The Labute approximate surface area is 81.1 Å². The van der Waals surface area contributed by atoms with Gasteiger partial charge in [-0.2, -0.15) is 0 Å². The highest BCUT2D eigenvalue weighted by Crippen LogP contribution is 2.21. The molecule has 0 atom stereocenters. The van der Waals surface area contributed by atoms with Gasteiger partial charge in [0.25, 0.3) is 5.92 Å². The van der Waals surface area contributed by atoms with Gasteiger partial charge in [0.2, 0.25) is 0 Å². The van der Waals surface area contributed by atoms with Gasteiger partial charge in [-0.3, -0.25) is 0 Å². The summed E-state index contributed by atoms with van der Waals surface area (Å²) in [7, 11) is 1.48. The SMILES string of the molecule is COc1cccc(CC(F)(F)CO)c1. The first kappa shape index (κ1) is 10.9. The molecule has 0 aliphatic carbocycles. The van der Waals surface area contributed by atoms with Gasteiger partial charge in [-0.05, 0) is 17.7 Å². The third-order valence-electron chi connectivity index (χ3n) is 1.83. The van der Waals surface area contributed by atoms with Crippen molar-refractivity contribution in [3.8, 4) is 5.75 Å². The van der Waals surface area contributed by atoms with Crippen molar-refractivity contribution in [3.63, 3.8) is 0 Å². The van der Waals surface area contributed by atoms with Crippen molar-refractivity contribution in [2.45, 2.75) is 12.3 Å². The molecule has 0 saturated carbocycles. The van der Waals surface area contributed by atoms with Crippen molar-refractivity contribution in [1.29, 1.82) is 0 Å². The number of hydrogen-bond acceptors (Lipinski definition) is 2. The normalized spacial score (nSPS) is 11.4. The molecule has 4 heteroatoms. The zero-order valence-corrected chi connectivity index (χ0v) is 7.84. The summed E-state index contributed by atoms with van der Waals surface area (Å²) in [5.41, 5.74) is 0.448. The molecule has 0 aliphatic rings. The number of aliphatic hydroxyl groups is 1. The smallest absolute Gasteiger partial charge is 0.274 e. The zero-order chi connectivity index (χ0) is 10.6. The number of hydrogen-bond donors (Lipinski definition) is 1. The van der Waals surface area contributed by atoms with Crippen molar-refractivity contribution in [2.24, 2.45) is 0 Å². The second kappa shape index (κ2) is 4.37. The summed E-state index contributed by atoms with van der Waals surface area (Å²) in [5, 5.41) is 8.40. The number of benzene rings is 1. The maximum atomic E-state index is 12.8. The number of aliphatic hydroxyl groups excluding tert-OH is 1. The fraction of sp³-hybridized carbons (Fsp3) is 0.400. The van der Waals surface area contributed by atoms with Crippen LogP contribution in [0.2, 0.25) is 0 Å². The first-order chi connectivity index (χ1) is 6.57. The number of halogens is 2. The molecule has 0 fully saturated rings. The lowest BCUT2D eigenvalue weighted by molar-refractivity contribution is -0.0488. The van der Waals surface area contributed by atoms with Gasteiger partial charge in [-0.1, -0.05) is 12.1 Å². The molecule has 0 unspecified atom stereocenters. The first-order valence-corrected chi connectivity index (χ1v) is 4.19. The van der Waals surface area contributed by atoms with Crippen LogP contribution < -0.4 is 4.74 Å². The van der Waals surface area contributed by atoms with E-state index in [-0.39, 0.29) is 0 Å². The molecule has 78 valence electrons. The molecular formula is C10H12F2O2. The predicted octanol–water partition coefficient (Wildman–Crippen LogP) is 1.87. The second-order valence-corrected chi connectivity index (χ2v) is 3.04. The van der Waals surface area contributed by atoms with Crippen LogP contribution in [0.15, 0.2) is 24.3 Å². The predicted molar refractivity (Wildman–Crippen MR) is 48.7 cm³/mol. The second-order valence-electron chi connectivity index (χ2n) is 3.04. The maximum Gasteiger partial charge on any atom is 0.274 e. The largest absolute Gasteiger partial charge is 0.497 e.